The van der Waals surface area contributed by atoms with Gasteiger partial charge in [0, 0.05) is 19.4 Å². The molecule has 0 aromatic carbocycles. The molecule has 0 bridgehead atoms. The van der Waals surface area contributed by atoms with Crippen molar-refractivity contribution in [1.29, 1.82) is 0 Å². The first-order valence-electron chi connectivity index (χ1n) is 24.1. The Morgan fingerprint density at radius 3 is 1.34 bits per heavy atom. The molecule has 58 heavy (non-hydrogen) atoms. The van der Waals surface area contributed by atoms with Crippen molar-refractivity contribution in [1.82, 2.24) is 0 Å². The third-order valence-electron chi connectivity index (χ3n) is 9.93. The summed E-state index contributed by atoms with van der Waals surface area (Å²) in [6.07, 6.45) is 63.2. The van der Waals surface area contributed by atoms with Crippen LogP contribution in [0.1, 0.15) is 213 Å². The Morgan fingerprint density at radius 2 is 0.810 bits per heavy atom. The minimum atomic E-state index is -0.570. The molecule has 0 aliphatic rings. The Bertz CT molecular complexity index is 1090. The summed E-state index contributed by atoms with van der Waals surface area (Å²) in [5, 5.41) is 0. The Balaban J connectivity index is 4.28. The van der Waals surface area contributed by atoms with Gasteiger partial charge in [0.2, 0.25) is 0 Å². The zero-order valence-electron chi connectivity index (χ0n) is 38.0. The molecular weight excluding hydrogens is 717 g/mol. The Labute approximate surface area is 359 Å². The summed E-state index contributed by atoms with van der Waals surface area (Å²) in [4.78, 5) is 25.2. The van der Waals surface area contributed by atoms with Gasteiger partial charge in [0.05, 0.1) is 6.61 Å². The van der Waals surface area contributed by atoms with E-state index in [1.807, 2.05) is 6.08 Å². The summed E-state index contributed by atoms with van der Waals surface area (Å²) in [5.74, 6) is -0.501. The van der Waals surface area contributed by atoms with Crippen LogP contribution < -0.4 is 0 Å². The highest BCUT2D eigenvalue weighted by Crippen LogP contribution is 2.13. The number of hydrogen-bond acceptors (Lipinski definition) is 5. The van der Waals surface area contributed by atoms with E-state index in [0.29, 0.717) is 25.9 Å². The summed E-state index contributed by atoms with van der Waals surface area (Å²) < 4.78 is 17.2. The minimum Gasteiger partial charge on any atom is -0.462 e. The highest BCUT2D eigenvalue weighted by molar-refractivity contribution is 5.70. The lowest BCUT2D eigenvalue weighted by Gasteiger charge is -2.18. The number of allylic oxidation sites excluding steroid dienone is 14. The molecule has 5 nitrogen and oxygen atoms in total. The van der Waals surface area contributed by atoms with Crippen molar-refractivity contribution in [2.24, 2.45) is 0 Å². The molecule has 0 spiro atoms. The first kappa shape index (κ1) is 55.1. The zero-order valence-corrected chi connectivity index (χ0v) is 38.0. The van der Waals surface area contributed by atoms with Gasteiger partial charge >= 0.3 is 11.9 Å². The number of rotatable bonds is 43. The second kappa shape index (κ2) is 48.4. The van der Waals surface area contributed by atoms with Gasteiger partial charge in [-0.2, -0.15) is 0 Å². The van der Waals surface area contributed by atoms with Crippen molar-refractivity contribution in [3.8, 4) is 0 Å². The minimum absolute atomic E-state index is 0.0410. The molecule has 0 fully saturated rings. The van der Waals surface area contributed by atoms with Crippen LogP contribution in [0.3, 0.4) is 0 Å². The first-order chi connectivity index (χ1) is 28.6. The molecule has 0 N–H and O–H groups in total. The van der Waals surface area contributed by atoms with E-state index in [0.717, 1.165) is 70.6 Å². The fourth-order valence-corrected chi connectivity index (χ4v) is 6.35. The lowest BCUT2D eigenvalue weighted by molar-refractivity contribution is -0.162. The average molecular weight is 807 g/mol. The smallest absolute Gasteiger partial charge is 0.306 e. The molecule has 0 saturated heterocycles. The lowest BCUT2D eigenvalue weighted by Crippen LogP contribution is -2.30. The molecule has 0 saturated carbocycles. The number of ether oxygens (including phenoxy) is 3. The molecule has 0 rings (SSSR count). The van der Waals surface area contributed by atoms with E-state index >= 15 is 0 Å². The van der Waals surface area contributed by atoms with Gasteiger partial charge in [-0.05, 0) is 83.5 Å². The fraction of sp³-hybridized carbons (Fsp3) is 0.698. The van der Waals surface area contributed by atoms with Crippen LogP contribution in [0.5, 0.6) is 0 Å². The SMILES string of the molecule is CC/C=C\C/C=C\C/C=C\C/C=C\CCC(=O)OCC(COCCCCCCCCC/C=C\C/C=C\C/C=C\CCCCC)OC(=O)CCCCCCCCCCC. The molecule has 0 aromatic rings. The molecule has 0 aliphatic heterocycles. The van der Waals surface area contributed by atoms with E-state index in [1.165, 1.54) is 103 Å². The molecule has 0 aliphatic carbocycles. The monoisotopic (exact) mass is 807 g/mol. The molecule has 0 radical (unpaired) electrons. The summed E-state index contributed by atoms with van der Waals surface area (Å²) >= 11 is 0. The van der Waals surface area contributed by atoms with E-state index in [9.17, 15) is 9.59 Å². The van der Waals surface area contributed by atoms with E-state index in [1.54, 1.807) is 0 Å². The van der Waals surface area contributed by atoms with Crippen LogP contribution in [0.25, 0.3) is 0 Å². The molecular formula is C53H90O5. The van der Waals surface area contributed by atoms with Crippen molar-refractivity contribution >= 4 is 11.9 Å². The lowest BCUT2D eigenvalue weighted by atomic mass is 10.1. The van der Waals surface area contributed by atoms with E-state index in [4.69, 9.17) is 14.2 Å². The number of carbonyl (C=O) groups excluding carboxylic acids is 2. The predicted molar refractivity (Wildman–Crippen MR) is 251 cm³/mol. The van der Waals surface area contributed by atoms with Crippen molar-refractivity contribution in [3.63, 3.8) is 0 Å². The Morgan fingerprint density at radius 1 is 0.397 bits per heavy atom. The van der Waals surface area contributed by atoms with Crippen LogP contribution in [0, 0.1) is 0 Å². The van der Waals surface area contributed by atoms with Gasteiger partial charge in [-0.1, -0.05) is 202 Å². The fourth-order valence-electron chi connectivity index (χ4n) is 6.35. The van der Waals surface area contributed by atoms with Crippen LogP contribution >= 0.6 is 0 Å². The number of hydrogen-bond donors (Lipinski definition) is 0. The van der Waals surface area contributed by atoms with Gasteiger partial charge in [-0.15, -0.1) is 0 Å². The second-order valence-corrected chi connectivity index (χ2v) is 15.6. The predicted octanol–water partition coefficient (Wildman–Crippen LogP) is 16.1. The molecule has 1 unspecified atom stereocenters. The highest BCUT2D eigenvalue weighted by Gasteiger charge is 2.17. The summed E-state index contributed by atoms with van der Waals surface area (Å²) in [6, 6.07) is 0. The van der Waals surface area contributed by atoms with Crippen LogP contribution in [-0.4, -0.2) is 37.9 Å². The maximum absolute atomic E-state index is 12.7. The van der Waals surface area contributed by atoms with E-state index < -0.39 is 6.10 Å². The van der Waals surface area contributed by atoms with E-state index in [-0.39, 0.29) is 25.2 Å². The third-order valence-corrected chi connectivity index (χ3v) is 9.93. The van der Waals surface area contributed by atoms with Crippen LogP contribution in [0.15, 0.2) is 85.1 Å². The normalized spacial score (nSPS) is 12.9. The maximum Gasteiger partial charge on any atom is 0.306 e. The first-order valence-corrected chi connectivity index (χ1v) is 24.1. The molecule has 332 valence electrons. The molecule has 5 heteroatoms. The number of esters is 2. The number of unbranched alkanes of at least 4 members (excludes halogenated alkanes) is 18. The molecule has 0 amide bonds. The van der Waals surface area contributed by atoms with Gasteiger partial charge in [0.25, 0.3) is 0 Å². The van der Waals surface area contributed by atoms with Gasteiger partial charge < -0.3 is 14.2 Å². The second-order valence-electron chi connectivity index (χ2n) is 15.6. The summed E-state index contributed by atoms with van der Waals surface area (Å²) in [5.41, 5.74) is 0. The van der Waals surface area contributed by atoms with Crippen LogP contribution in [0.4, 0.5) is 0 Å². The number of carbonyl (C=O) groups is 2. The largest absolute Gasteiger partial charge is 0.462 e. The van der Waals surface area contributed by atoms with Gasteiger partial charge in [-0.25, -0.2) is 0 Å². The Hall–Kier alpha value is -2.92. The molecule has 0 heterocycles. The van der Waals surface area contributed by atoms with Crippen molar-refractivity contribution < 1.29 is 23.8 Å². The van der Waals surface area contributed by atoms with E-state index in [2.05, 4.69) is 99.8 Å². The van der Waals surface area contributed by atoms with Gasteiger partial charge in [0.15, 0.2) is 6.10 Å². The van der Waals surface area contributed by atoms with Crippen molar-refractivity contribution in [3.05, 3.63) is 85.1 Å². The van der Waals surface area contributed by atoms with Crippen molar-refractivity contribution in [2.75, 3.05) is 19.8 Å². The van der Waals surface area contributed by atoms with Crippen LogP contribution in [-0.2, 0) is 23.8 Å². The molecule has 0 aromatic heterocycles. The zero-order chi connectivity index (χ0) is 42.1. The topological polar surface area (TPSA) is 61.8 Å². The maximum atomic E-state index is 12.7. The average Bonchev–Trinajstić information content (AvgIpc) is 3.22. The summed E-state index contributed by atoms with van der Waals surface area (Å²) in [6.45, 7) is 7.56. The third kappa shape index (κ3) is 45.8. The Kier molecular flexibility index (Phi) is 46.0. The van der Waals surface area contributed by atoms with Crippen LogP contribution in [0.2, 0.25) is 0 Å². The standard InChI is InChI=1S/C53H90O5/c1-4-7-10-13-16-19-21-23-24-25-26-27-28-29-31-33-36-39-42-45-48-56-49-51(58-53(55)47-44-41-38-34-18-15-12-9-6-3)50-57-52(54)46-43-40-37-35-32-30-22-20-17-14-11-8-5-2/h8,11,16-17,19-20,23-24,26-27,30,32,37,40,51H,4-7,9-10,12-15,18,21-22,25,28-29,31,33-36,38-39,41-50H2,1-3H3/b11-8-,19-16-,20-17-,24-23-,27-26-,32-30-,40-37-. The van der Waals surface area contributed by atoms with Crippen molar-refractivity contribution in [2.45, 2.75) is 219 Å². The van der Waals surface area contributed by atoms with Gasteiger partial charge in [0.1, 0.15) is 6.61 Å². The highest BCUT2D eigenvalue weighted by atomic mass is 16.6. The quantitative estimate of drug-likeness (QED) is 0.0349. The van der Waals surface area contributed by atoms with Gasteiger partial charge in [-0.3, -0.25) is 9.59 Å². The molecule has 1 atom stereocenters. The summed E-state index contributed by atoms with van der Waals surface area (Å²) in [7, 11) is 0.